The Morgan fingerprint density at radius 1 is 1.00 bits per heavy atom. The molecule has 4 aromatic rings. The second-order valence-corrected chi connectivity index (χ2v) is 9.97. The van der Waals surface area contributed by atoms with E-state index in [4.69, 9.17) is 8.94 Å². The summed E-state index contributed by atoms with van der Waals surface area (Å²) < 4.78 is 39.0. The average Bonchev–Trinajstić information content (AvgIpc) is 3.53. The Hall–Kier alpha value is -3.81. The summed E-state index contributed by atoms with van der Waals surface area (Å²) in [6, 6.07) is 18.7. The van der Waals surface area contributed by atoms with Crippen LogP contribution in [0.3, 0.4) is 0 Å². The third-order valence-electron chi connectivity index (χ3n) is 5.85. The summed E-state index contributed by atoms with van der Waals surface area (Å²) in [6.45, 7) is 2.42. The Balaban J connectivity index is 1.33. The summed E-state index contributed by atoms with van der Waals surface area (Å²) in [5.74, 6) is 1.05. The molecule has 1 fully saturated rings. The number of oxazole rings is 1. The van der Waals surface area contributed by atoms with Crippen LogP contribution in [0.5, 0.6) is 0 Å². The van der Waals surface area contributed by atoms with Crippen molar-refractivity contribution in [3.63, 3.8) is 0 Å². The number of nitriles is 1. The lowest BCUT2D eigenvalue weighted by atomic mass is 9.98. The van der Waals surface area contributed by atoms with Gasteiger partial charge in [-0.1, -0.05) is 53.2 Å². The van der Waals surface area contributed by atoms with Crippen molar-refractivity contribution in [2.75, 3.05) is 13.1 Å². The molecule has 9 nitrogen and oxygen atoms in total. The molecule has 1 aliphatic rings. The summed E-state index contributed by atoms with van der Waals surface area (Å²) in [4.78, 5) is 8.62. The van der Waals surface area contributed by atoms with E-state index in [1.807, 2.05) is 55.5 Å². The van der Waals surface area contributed by atoms with Crippen molar-refractivity contribution >= 4 is 10.0 Å². The SMILES string of the molecule is Cc1ccc(-c2nc(C#N)c(S(=O)(=O)N3CCC(c4nc(-c5ccccc5)no4)CC3)o2)cc1. The predicted molar refractivity (Wildman–Crippen MR) is 122 cm³/mol. The second-order valence-electron chi connectivity index (χ2n) is 8.13. The molecule has 34 heavy (non-hydrogen) atoms. The molecule has 3 heterocycles. The summed E-state index contributed by atoms with van der Waals surface area (Å²) in [5.41, 5.74) is 2.26. The van der Waals surface area contributed by atoms with Gasteiger partial charge in [0, 0.05) is 30.1 Å². The minimum atomic E-state index is -4.03. The molecule has 1 saturated heterocycles. The molecule has 0 atom stereocenters. The third kappa shape index (κ3) is 4.11. The summed E-state index contributed by atoms with van der Waals surface area (Å²) in [7, 11) is -4.03. The minimum Gasteiger partial charge on any atom is -0.422 e. The van der Waals surface area contributed by atoms with E-state index in [1.54, 1.807) is 12.1 Å². The lowest BCUT2D eigenvalue weighted by Crippen LogP contribution is -2.38. The second kappa shape index (κ2) is 8.85. The Kier molecular flexibility index (Phi) is 5.73. The molecular formula is C24H21N5O4S. The van der Waals surface area contributed by atoms with E-state index in [1.165, 1.54) is 4.31 Å². The molecule has 0 spiro atoms. The van der Waals surface area contributed by atoms with Gasteiger partial charge in [0.25, 0.3) is 15.1 Å². The molecule has 2 aromatic heterocycles. The van der Waals surface area contributed by atoms with Crippen LogP contribution in [-0.2, 0) is 10.0 Å². The number of nitrogens with zero attached hydrogens (tertiary/aromatic N) is 5. The molecule has 0 amide bonds. The van der Waals surface area contributed by atoms with Crippen LogP contribution in [0.4, 0.5) is 0 Å². The summed E-state index contributed by atoms with van der Waals surface area (Å²) >= 11 is 0. The van der Waals surface area contributed by atoms with Gasteiger partial charge in [-0.3, -0.25) is 0 Å². The Bertz CT molecular complexity index is 1450. The lowest BCUT2D eigenvalue weighted by molar-refractivity contribution is 0.267. The van der Waals surface area contributed by atoms with Gasteiger partial charge in [-0.25, -0.2) is 8.42 Å². The number of sulfonamides is 1. The highest BCUT2D eigenvalue weighted by Gasteiger charge is 2.37. The Morgan fingerprint density at radius 2 is 1.71 bits per heavy atom. The van der Waals surface area contributed by atoms with Gasteiger partial charge in [0.2, 0.25) is 17.6 Å². The number of hydrogen-bond donors (Lipinski definition) is 0. The molecule has 0 N–H and O–H groups in total. The van der Waals surface area contributed by atoms with Crippen molar-refractivity contribution in [3.8, 4) is 28.9 Å². The predicted octanol–water partition coefficient (Wildman–Crippen LogP) is 4.14. The molecule has 0 bridgehead atoms. The van der Waals surface area contributed by atoms with Crippen molar-refractivity contribution in [1.82, 2.24) is 19.4 Å². The van der Waals surface area contributed by atoms with Gasteiger partial charge in [0.15, 0.2) is 5.69 Å². The maximum Gasteiger partial charge on any atom is 0.279 e. The van der Waals surface area contributed by atoms with Crippen LogP contribution in [0.15, 0.2) is 68.6 Å². The van der Waals surface area contributed by atoms with Crippen molar-refractivity contribution in [3.05, 3.63) is 71.7 Å². The zero-order chi connectivity index (χ0) is 23.7. The average molecular weight is 476 g/mol. The number of aryl methyl sites for hydroxylation is 1. The standard InChI is InChI=1S/C24H21N5O4S/c1-16-7-9-18(10-8-16)22-26-20(15-25)24(32-22)34(30,31)29-13-11-19(12-14-29)23-27-21(28-33-23)17-5-3-2-4-6-17/h2-10,19H,11-14H2,1H3. The quantitative estimate of drug-likeness (QED) is 0.421. The lowest BCUT2D eigenvalue weighted by Gasteiger charge is -2.28. The smallest absolute Gasteiger partial charge is 0.279 e. The molecule has 0 radical (unpaired) electrons. The van der Waals surface area contributed by atoms with Gasteiger partial charge >= 0.3 is 0 Å². The van der Waals surface area contributed by atoms with Gasteiger partial charge in [-0.05, 0) is 31.9 Å². The van der Waals surface area contributed by atoms with Crippen LogP contribution in [0.1, 0.15) is 35.9 Å². The van der Waals surface area contributed by atoms with Crippen LogP contribution < -0.4 is 0 Å². The molecule has 1 aliphatic heterocycles. The van der Waals surface area contributed by atoms with Crippen LogP contribution in [-0.4, -0.2) is 40.9 Å². The fourth-order valence-electron chi connectivity index (χ4n) is 3.94. The first kappa shape index (κ1) is 22.0. The number of aromatic nitrogens is 3. The Labute approximate surface area is 196 Å². The van der Waals surface area contributed by atoms with Gasteiger partial charge < -0.3 is 8.94 Å². The first-order chi connectivity index (χ1) is 16.5. The van der Waals surface area contributed by atoms with Crippen LogP contribution in [0, 0.1) is 18.3 Å². The third-order valence-corrected chi connectivity index (χ3v) is 7.64. The topological polar surface area (TPSA) is 126 Å². The van der Waals surface area contributed by atoms with E-state index in [0.29, 0.717) is 30.1 Å². The normalized spacial score (nSPS) is 15.3. The van der Waals surface area contributed by atoms with Crippen molar-refractivity contribution < 1.29 is 17.4 Å². The molecule has 0 unspecified atom stereocenters. The zero-order valence-corrected chi connectivity index (χ0v) is 19.2. The van der Waals surface area contributed by atoms with Gasteiger partial charge in [-0.2, -0.15) is 19.5 Å². The number of hydrogen-bond acceptors (Lipinski definition) is 8. The number of benzene rings is 2. The van der Waals surface area contributed by atoms with E-state index in [2.05, 4.69) is 15.1 Å². The minimum absolute atomic E-state index is 0.0512. The highest BCUT2D eigenvalue weighted by Crippen LogP contribution is 2.33. The van der Waals surface area contributed by atoms with Crippen LogP contribution >= 0.6 is 0 Å². The summed E-state index contributed by atoms with van der Waals surface area (Å²) in [6.07, 6.45) is 1.02. The van der Waals surface area contributed by atoms with E-state index < -0.39 is 15.1 Å². The molecule has 2 aromatic carbocycles. The maximum absolute atomic E-state index is 13.3. The fourth-order valence-corrected chi connectivity index (χ4v) is 5.38. The van der Waals surface area contributed by atoms with Crippen LogP contribution in [0.25, 0.3) is 22.8 Å². The van der Waals surface area contributed by atoms with E-state index in [0.717, 1.165) is 11.1 Å². The van der Waals surface area contributed by atoms with Gasteiger partial charge in [-0.15, -0.1) is 0 Å². The largest absolute Gasteiger partial charge is 0.422 e. The van der Waals surface area contributed by atoms with Gasteiger partial charge in [0.1, 0.15) is 6.07 Å². The first-order valence-electron chi connectivity index (χ1n) is 10.8. The monoisotopic (exact) mass is 475 g/mol. The van der Waals surface area contributed by atoms with Crippen molar-refractivity contribution in [1.29, 1.82) is 5.26 Å². The molecule has 0 saturated carbocycles. The molecular weight excluding hydrogens is 454 g/mol. The van der Waals surface area contributed by atoms with Gasteiger partial charge in [0.05, 0.1) is 0 Å². The van der Waals surface area contributed by atoms with Crippen molar-refractivity contribution in [2.45, 2.75) is 30.8 Å². The fraction of sp³-hybridized carbons (Fsp3) is 0.250. The van der Waals surface area contributed by atoms with Crippen molar-refractivity contribution in [2.24, 2.45) is 0 Å². The van der Waals surface area contributed by atoms with E-state index >= 15 is 0 Å². The Morgan fingerprint density at radius 3 is 2.38 bits per heavy atom. The zero-order valence-electron chi connectivity index (χ0n) is 18.4. The molecule has 5 rings (SSSR count). The molecule has 172 valence electrons. The highest BCUT2D eigenvalue weighted by molar-refractivity contribution is 7.89. The number of piperidine rings is 1. The van der Waals surface area contributed by atoms with Crippen LogP contribution in [0.2, 0.25) is 0 Å². The van der Waals surface area contributed by atoms with E-state index in [9.17, 15) is 13.7 Å². The highest BCUT2D eigenvalue weighted by atomic mass is 32.2. The first-order valence-corrected chi connectivity index (χ1v) is 12.3. The van der Waals surface area contributed by atoms with E-state index in [-0.39, 0.29) is 30.6 Å². The molecule has 0 aliphatic carbocycles. The summed E-state index contributed by atoms with van der Waals surface area (Å²) in [5, 5.41) is 13.1. The maximum atomic E-state index is 13.3. The molecule has 10 heteroatoms. The number of rotatable bonds is 5.